The normalized spacial score (nSPS) is 10.3. The Morgan fingerprint density at radius 3 is 2.90 bits per heavy atom. The van der Waals surface area contributed by atoms with E-state index in [0.717, 1.165) is 6.39 Å². The summed E-state index contributed by atoms with van der Waals surface area (Å²) in [5, 5.41) is 2.65. The molecule has 0 aliphatic rings. The quantitative estimate of drug-likeness (QED) is 0.801. The molecule has 0 atom stereocenters. The first-order valence-electron chi connectivity index (χ1n) is 6.15. The lowest BCUT2D eigenvalue weighted by atomic mass is 10.1. The molecule has 0 spiro atoms. The van der Waals surface area contributed by atoms with Crippen LogP contribution in [0.3, 0.4) is 0 Å². The van der Waals surface area contributed by atoms with E-state index in [4.69, 9.17) is 4.42 Å². The van der Waals surface area contributed by atoms with E-state index < -0.39 is 11.7 Å². The molecule has 0 saturated heterocycles. The molecule has 0 fully saturated rings. The molecule has 1 N–H and O–H groups in total. The summed E-state index contributed by atoms with van der Waals surface area (Å²) in [6, 6.07) is 9.18. The molecular weight excluding hydrogens is 273 g/mol. The maximum absolute atomic E-state index is 13.3. The van der Waals surface area contributed by atoms with Gasteiger partial charge in [-0.25, -0.2) is 9.37 Å². The van der Waals surface area contributed by atoms with Gasteiger partial charge in [-0.05, 0) is 24.3 Å². The molecule has 1 aromatic carbocycles. The summed E-state index contributed by atoms with van der Waals surface area (Å²) >= 11 is 0. The molecule has 104 valence electrons. The Labute approximate surface area is 119 Å². The van der Waals surface area contributed by atoms with Gasteiger partial charge in [0.15, 0.2) is 17.8 Å². The molecule has 0 unspecified atom stereocenters. The largest absolute Gasteiger partial charge is 0.443 e. The van der Waals surface area contributed by atoms with Crippen molar-refractivity contribution in [2.45, 2.75) is 0 Å². The van der Waals surface area contributed by atoms with Gasteiger partial charge in [0.05, 0.1) is 11.9 Å². The SMILES string of the molecule is O=C(Nc1cccnc1)c1ncoc1-c1cccc(F)c1. The summed E-state index contributed by atoms with van der Waals surface area (Å²) in [6.07, 6.45) is 4.27. The van der Waals surface area contributed by atoms with Gasteiger partial charge in [-0.3, -0.25) is 9.78 Å². The number of carbonyl (C=O) groups excluding carboxylic acids is 1. The number of hydrogen-bond donors (Lipinski definition) is 1. The van der Waals surface area contributed by atoms with Crippen molar-refractivity contribution in [2.75, 3.05) is 5.32 Å². The van der Waals surface area contributed by atoms with Crippen molar-refractivity contribution in [3.05, 3.63) is 66.7 Å². The van der Waals surface area contributed by atoms with Crippen molar-refractivity contribution in [3.8, 4) is 11.3 Å². The number of amides is 1. The zero-order valence-corrected chi connectivity index (χ0v) is 10.8. The minimum absolute atomic E-state index is 0.0875. The first kappa shape index (κ1) is 13.0. The molecule has 6 heteroatoms. The minimum atomic E-state index is -0.448. The lowest BCUT2D eigenvalue weighted by Gasteiger charge is -2.04. The van der Waals surface area contributed by atoms with E-state index in [-0.39, 0.29) is 11.5 Å². The van der Waals surface area contributed by atoms with Crippen LogP contribution in [0.25, 0.3) is 11.3 Å². The van der Waals surface area contributed by atoms with Crippen LogP contribution in [-0.4, -0.2) is 15.9 Å². The third kappa shape index (κ3) is 2.79. The Hall–Kier alpha value is -3.02. The fraction of sp³-hybridized carbons (Fsp3) is 0. The lowest BCUT2D eigenvalue weighted by molar-refractivity contribution is 0.102. The first-order chi connectivity index (χ1) is 10.2. The van der Waals surface area contributed by atoms with Crippen LogP contribution in [0.1, 0.15) is 10.5 Å². The Balaban J connectivity index is 1.90. The fourth-order valence-corrected chi connectivity index (χ4v) is 1.87. The third-order valence-corrected chi connectivity index (χ3v) is 2.79. The van der Waals surface area contributed by atoms with Gasteiger partial charge in [0, 0.05) is 11.8 Å². The van der Waals surface area contributed by atoms with Crippen LogP contribution in [0.2, 0.25) is 0 Å². The number of aromatic nitrogens is 2. The predicted octanol–water partition coefficient (Wildman–Crippen LogP) is 3.13. The highest BCUT2D eigenvalue weighted by atomic mass is 19.1. The molecule has 1 amide bonds. The number of nitrogens with zero attached hydrogens (tertiary/aromatic N) is 2. The van der Waals surface area contributed by atoms with E-state index in [1.165, 1.54) is 24.4 Å². The molecule has 2 aromatic heterocycles. The van der Waals surface area contributed by atoms with Crippen molar-refractivity contribution >= 4 is 11.6 Å². The van der Waals surface area contributed by atoms with Crippen LogP contribution in [0.15, 0.2) is 59.6 Å². The maximum Gasteiger partial charge on any atom is 0.278 e. The number of anilines is 1. The van der Waals surface area contributed by atoms with Crippen molar-refractivity contribution in [3.63, 3.8) is 0 Å². The van der Waals surface area contributed by atoms with Crippen molar-refractivity contribution in [1.29, 1.82) is 0 Å². The average molecular weight is 283 g/mol. The van der Waals surface area contributed by atoms with Gasteiger partial charge in [0.2, 0.25) is 0 Å². The smallest absolute Gasteiger partial charge is 0.278 e. The third-order valence-electron chi connectivity index (χ3n) is 2.79. The monoisotopic (exact) mass is 283 g/mol. The number of carbonyl (C=O) groups is 1. The number of halogens is 1. The lowest BCUT2D eigenvalue weighted by Crippen LogP contribution is -2.13. The number of benzene rings is 1. The molecule has 0 aliphatic carbocycles. The van der Waals surface area contributed by atoms with Crippen LogP contribution in [0.4, 0.5) is 10.1 Å². The molecule has 0 radical (unpaired) electrons. The van der Waals surface area contributed by atoms with Gasteiger partial charge < -0.3 is 9.73 Å². The highest BCUT2D eigenvalue weighted by Gasteiger charge is 2.18. The van der Waals surface area contributed by atoms with Gasteiger partial charge in [-0.15, -0.1) is 0 Å². The van der Waals surface area contributed by atoms with Gasteiger partial charge in [0.1, 0.15) is 5.82 Å². The molecule has 21 heavy (non-hydrogen) atoms. The second-order valence-electron chi connectivity index (χ2n) is 4.24. The number of hydrogen-bond acceptors (Lipinski definition) is 4. The fourth-order valence-electron chi connectivity index (χ4n) is 1.87. The molecule has 0 saturated carbocycles. The van der Waals surface area contributed by atoms with Crippen LogP contribution < -0.4 is 5.32 Å². The van der Waals surface area contributed by atoms with Crippen molar-refractivity contribution in [1.82, 2.24) is 9.97 Å². The maximum atomic E-state index is 13.3. The second-order valence-corrected chi connectivity index (χ2v) is 4.24. The predicted molar refractivity (Wildman–Crippen MR) is 74.1 cm³/mol. The van der Waals surface area contributed by atoms with Gasteiger partial charge >= 0.3 is 0 Å². The average Bonchev–Trinajstić information content (AvgIpc) is 2.98. The van der Waals surface area contributed by atoms with Crippen LogP contribution in [-0.2, 0) is 0 Å². The van der Waals surface area contributed by atoms with E-state index in [0.29, 0.717) is 11.3 Å². The van der Waals surface area contributed by atoms with Gasteiger partial charge in [-0.1, -0.05) is 12.1 Å². The summed E-state index contributed by atoms with van der Waals surface area (Å²) in [5.74, 6) is -0.644. The Morgan fingerprint density at radius 2 is 2.14 bits per heavy atom. The topological polar surface area (TPSA) is 68.0 Å². The zero-order valence-electron chi connectivity index (χ0n) is 10.8. The van der Waals surface area contributed by atoms with Crippen molar-refractivity contribution < 1.29 is 13.6 Å². The summed E-state index contributed by atoms with van der Waals surface area (Å²) in [4.78, 5) is 20.0. The Morgan fingerprint density at radius 1 is 1.24 bits per heavy atom. The van der Waals surface area contributed by atoms with Crippen molar-refractivity contribution in [2.24, 2.45) is 0 Å². The highest BCUT2D eigenvalue weighted by molar-refractivity contribution is 6.06. The van der Waals surface area contributed by atoms with Gasteiger partial charge in [-0.2, -0.15) is 0 Å². The molecule has 5 nitrogen and oxygen atoms in total. The number of oxazole rings is 1. The minimum Gasteiger partial charge on any atom is -0.443 e. The molecule has 3 rings (SSSR count). The summed E-state index contributed by atoms with van der Waals surface area (Å²) < 4.78 is 18.5. The van der Waals surface area contributed by atoms with Crippen LogP contribution >= 0.6 is 0 Å². The number of rotatable bonds is 3. The summed E-state index contributed by atoms with van der Waals surface area (Å²) in [5.41, 5.74) is 1.07. The van der Waals surface area contributed by atoms with E-state index in [1.807, 2.05) is 0 Å². The van der Waals surface area contributed by atoms with E-state index in [1.54, 1.807) is 24.4 Å². The summed E-state index contributed by atoms with van der Waals surface area (Å²) in [6.45, 7) is 0. The zero-order chi connectivity index (χ0) is 14.7. The molecule has 0 bridgehead atoms. The van der Waals surface area contributed by atoms with E-state index >= 15 is 0 Å². The highest BCUT2D eigenvalue weighted by Crippen LogP contribution is 2.24. The summed E-state index contributed by atoms with van der Waals surface area (Å²) in [7, 11) is 0. The van der Waals surface area contributed by atoms with Crippen LogP contribution in [0, 0.1) is 5.82 Å². The molecule has 2 heterocycles. The van der Waals surface area contributed by atoms with Crippen LogP contribution in [0.5, 0.6) is 0 Å². The Kier molecular flexibility index (Phi) is 3.42. The second kappa shape index (κ2) is 5.54. The van der Waals surface area contributed by atoms with E-state index in [2.05, 4.69) is 15.3 Å². The van der Waals surface area contributed by atoms with Gasteiger partial charge in [0.25, 0.3) is 5.91 Å². The molecule has 0 aliphatic heterocycles. The molecule has 3 aromatic rings. The number of pyridine rings is 1. The standard InChI is InChI=1S/C15H10FN3O2/c16-11-4-1-3-10(7-11)14-13(18-9-21-14)15(20)19-12-5-2-6-17-8-12/h1-9H,(H,19,20). The first-order valence-corrected chi connectivity index (χ1v) is 6.15. The van der Waals surface area contributed by atoms with E-state index in [9.17, 15) is 9.18 Å². The Bertz CT molecular complexity index is 771. The molecular formula is C15H10FN3O2. The number of nitrogens with one attached hydrogen (secondary N) is 1.